The maximum absolute atomic E-state index is 11.8. The largest absolute Gasteiger partial charge is 0.465 e. The highest BCUT2D eigenvalue weighted by Crippen LogP contribution is 2.19. The third-order valence-electron chi connectivity index (χ3n) is 2.99. The van der Waals surface area contributed by atoms with Crippen LogP contribution in [0.5, 0.6) is 0 Å². The predicted octanol–water partition coefficient (Wildman–Crippen LogP) is 2.41. The quantitative estimate of drug-likeness (QED) is 0.642. The summed E-state index contributed by atoms with van der Waals surface area (Å²) in [5.41, 5.74) is 1.31. The lowest BCUT2D eigenvalue weighted by molar-refractivity contribution is -0.130. The van der Waals surface area contributed by atoms with Gasteiger partial charge in [0.1, 0.15) is 0 Å². The zero-order chi connectivity index (χ0) is 15.5. The van der Waals surface area contributed by atoms with E-state index in [1.165, 1.54) is 13.4 Å². The van der Waals surface area contributed by atoms with Crippen molar-refractivity contribution >= 4 is 23.9 Å². The topological polar surface area (TPSA) is 78.1 Å². The summed E-state index contributed by atoms with van der Waals surface area (Å²) in [4.78, 5) is 27.2. The molecule has 0 aliphatic carbocycles. The summed E-state index contributed by atoms with van der Waals surface area (Å²) >= 11 is 0. The molecule has 1 aromatic carbocycles. The van der Waals surface area contributed by atoms with Gasteiger partial charge in [-0.05, 0) is 35.9 Å². The highest BCUT2D eigenvalue weighted by molar-refractivity contribution is 6.11. The summed E-state index contributed by atoms with van der Waals surface area (Å²) in [5, 5.41) is 0. The van der Waals surface area contributed by atoms with E-state index in [1.807, 2.05) is 0 Å². The molecule has 6 heteroatoms. The average molecular weight is 297 g/mol. The first-order valence-electron chi connectivity index (χ1n) is 6.42. The SMILES string of the molecule is COC(=O)c1ccc(/C=C2/N=C(c3ccco3)OC2=O)cc1. The molecular weight excluding hydrogens is 286 g/mol. The van der Waals surface area contributed by atoms with Gasteiger partial charge in [0.15, 0.2) is 11.5 Å². The van der Waals surface area contributed by atoms with Crippen molar-refractivity contribution in [1.82, 2.24) is 0 Å². The van der Waals surface area contributed by atoms with Crippen molar-refractivity contribution in [3.63, 3.8) is 0 Å². The Morgan fingerprint density at radius 3 is 2.64 bits per heavy atom. The Balaban J connectivity index is 1.85. The van der Waals surface area contributed by atoms with Crippen LogP contribution in [-0.2, 0) is 14.3 Å². The second kappa shape index (κ2) is 5.69. The monoisotopic (exact) mass is 297 g/mol. The minimum absolute atomic E-state index is 0.132. The number of rotatable bonds is 3. The number of hydrogen-bond acceptors (Lipinski definition) is 6. The summed E-state index contributed by atoms with van der Waals surface area (Å²) in [6.07, 6.45) is 3.04. The smallest absolute Gasteiger partial charge is 0.363 e. The molecule has 6 nitrogen and oxygen atoms in total. The van der Waals surface area contributed by atoms with Crippen LogP contribution < -0.4 is 0 Å². The molecule has 1 aliphatic rings. The van der Waals surface area contributed by atoms with Crippen molar-refractivity contribution in [2.24, 2.45) is 4.99 Å². The Kier molecular flexibility index (Phi) is 3.57. The number of furan rings is 1. The number of nitrogens with zero attached hydrogens (tertiary/aromatic N) is 1. The highest BCUT2D eigenvalue weighted by Gasteiger charge is 2.25. The fourth-order valence-electron chi connectivity index (χ4n) is 1.91. The third kappa shape index (κ3) is 2.67. The molecule has 0 unspecified atom stereocenters. The molecule has 0 radical (unpaired) electrons. The van der Waals surface area contributed by atoms with Gasteiger partial charge in [0, 0.05) is 0 Å². The van der Waals surface area contributed by atoms with E-state index in [0.717, 1.165) is 0 Å². The number of carbonyl (C=O) groups excluding carboxylic acids is 2. The van der Waals surface area contributed by atoms with Gasteiger partial charge < -0.3 is 13.9 Å². The van der Waals surface area contributed by atoms with Crippen molar-refractivity contribution in [2.45, 2.75) is 0 Å². The van der Waals surface area contributed by atoms with Crippen LogP contribution in [0, 0.1) is 0 Å². The molecule has 1 aromatic heterocycles. The lowest BCUT2D eigenvalue weighted by Crippen LogP contribution is -2.04. The summed E-state index contributed by atoms with van der Waals surface area (Å²) in [6, 6.07) is 9.92. The Morgan fingerprint density at radius 1 is 1.23 bits per heavy atom. The fourth-order valence-corrected chi connectivity index (χ4v) is 1.91. The first kappa shape index (κ1) is 13.8. The zero-order valence-electron chi connectivity index (χ0n) is 11.6. The van der Waals surface area contributed by atoms with Crippen molar-refractivity contribution in [3.05, 3.63) is 65.2 Å². The number of esters is 2. The van der Waals surface area contributed by atoms with Gasteiger partial charge in [0.05, 0.1) is 18.9 Å². The normalized spacial score (nSPS) is 15.6. The molecule has 2 heterocycles. The lowest BCUT2D eigenvalue weighted by Gasteiger charge is -1.99. The van der Waals surface area contributed by atoms with E-state index >= 15 is 0 Å². The molecule has 22 heavy (non-hydrogen) atoms. The molecule has 0 N–H and O–H groups in total. The highest BCUT2D eigenvalue weighted by atomic mass is 16.6. The first-order valence-corrected chi connectivity index (χ1v) is 6.42. The number of hydrogen-bond donors (Lipinski definition) is 0. The molecule has 1 aliphatic heterocycles. The van der Waals surface area contributed by atoms with Crippen LogP contribution in [0.15, 0.2) is 57.8 Å². The van der Waals surface area contributed by atoms with E-state index in [9.17, 15) is 9.59 Å². The van der Waals surface area contributed by atoms with Gasteiger partial charge in [0.2, 0.25) is 0 Å². The third-order valence-corrected chi connectivity index (χ3v) is 2.99. The molecule has 0 amide bonds. The molecular formula is C16H11NO5. The predicted molar refractivity (Wildman–Crippen MR) is 77.1 cm³/mol. The van der Waals surface area contributed by atoms with Crippen molar-refractivity contribution < 1.29 is 23.5 Å². The van der Waals surface area contributed by atoms with Gasteiger partial charge in [-0.15, -0.1) is 0 Å². The fraction of sp³-hybridized carbons (Fsp3) is 0.0625. The number of methoxy groups -OCH3 is 1. The molecule has 3 rings (SSSR count). The molecule has 0 saturated carbocycles. The van der Waals surface area contributed by atoms with E-state index in [0.29, 0.717) is 16.9 Å². The Hall–Kier alpha value is -3.15. The van der Waals surface area contributed by atoms with E-state index in [-0.39, 0.29) is 11.6 Å². The number of cyclic esters (lactones) is 1. The number of ether oxygens (including phenoxy) is 2. The van der Waals surface area contributed by atoms with Gasteiger partial charge in [-0.3, -0.25) is 0 Å². The van der Waals surface area contributed by atoms with Crippen LogP contribution in [0.3, 0.4) is 0 Å². The summed E-state index contributed by atoms with van der Waals surface area (Å²) in [7, 11) is 1.32. The van der Waals surface area contributed by atoms with Crippen LogP contribution in [0.2, 0.25) is 0 Å². The van der Waals surface area contributed by atoms with Crippen LogP contribution in [0.1, 0.15) is 21.7 Å². The molecule has 110 valence electrons. The Morgan fingerprint density at radius 2 is 2.00 bits per heavy atom. The maximum atomic E-state index is 11.8. The number of aliphatic imine (C=N–C) groups is 1. The summed E-state index contributed by atoms with van der Waals surface area (Å²) in [6.45, 7) is 0. The minimum Gasteiger partial charge on any atom is -0.465 e. The van der Waals surface area contributed by atoms with Crippen molar-refractivity contribution in [2.75, 3.05) is 7.11 Å². The Bertz CT molecular complexity index is 769. The van der Waals surface area contributed by atoms with E-state index < -0.39 is 11.9 Å². The first-order chi connectivity index (χ1) is 10.7. The van der Waals surface area contributed by atoms with Crippen molar-refractivity contribution in [1.29, 1.82) is 0 Å². The minimum atomic E-state index is -0.552. The summed E-state index contributed by atoms with van der Waals surface area (Å²) in [5.74, 6) is -0.453. The Labute approximate surface area is 125 Å². The molecule has 0 saturated heterocycles. The second-order valence-corrected chi connectivity index (χ2v) is 4.43. The van der Waals surface area contributed by atoms with Gasteiger partial charge in [-0.2, -0.15) is 0 Å². The second-order valence-electron chi connectivity index (χ2n) is 4.43. The van der Waals surface area contributed by atoms with E-state index in [1.54, 1.807) is 42.5 Å². The summed E-state index contributed by atoms with van der Waals surface area (Å²) < 4.78 is 14.8. The van der Waals surface area contributed by atoms with Crippen molar-refractivity contribution in [3.8, 4) is 0 Å². The molecule has 0 spiro atoms. The maximum Gasteiger partial charge on any atom is 0.363 e. The van der Waals surface area contributed by atoms with Crippen LogP contribution in [0.25, 0.3) is 6.08 Å². The van der Waals surface area contributed by atoms with E-state index in [4.69, 9.17) is 9.15 Å². The number of benzene rings is 1. The van der Waals surface area contributed by atoms with E-state index in [2.05, 4.69) is 9.73 Å². The average Bonchev–Trinajstić information content (AvgIpc) is 3.18. The van der Waals surface area contributed by atoms with Gasteiger partial charge in [-0.25, -0.2) is 14.6 Å². The van der Waals surface area contributed by atoms with Crippen LogP contribution >= 0.6 is 0 Å². The molecule has 0 fully saturated rings. The van der Waals surface area contributed by atoms with Gasteiger partial charge in [-0.1, -0.05) is 12.1 Å². The van der Waals surface area contributed by atoms with Gasteiger partial charge in [0.25, 0.3) is 5.90 Å². The molecule has 0 bridgehead atoms. The molecule has 2 aromatic rings. The molecule has 0 atom stereocenters. The lowest BCUT2D eigenvalue weighted by atomic mass is 10.1. The van der Waals surface area contributed by atoms with Gasteiger partial charge >= 0.3 is 11.9 Å². The zero-order valence-corrected chi connectivity index (χ0v) is 11.6. The van der Waals surface area contributed by atoms with Crippen LogP contribution in [-0.4, -0.2) is 24.9 Å². The standard InChI is InChI=1S/C16H11NO5/c1-20-15(18)11-6-4-10(5-7-11)9-12-16(19)22-14(17-12)13-3-2-8-21-13/h2-9H,1H3/b12-9+. The number of carbonyl (C=O) groups is 2. The van der Waals surface area contributed by atoms with Crippen LogP contribution in [0.4, 0.5) is 0 Å².